The van der Waals surface area contributed by atoms with Crippen LogP contribution in [0.4, 0.5) is 16.2 Å². The first kappa shape index (κ1) is 22.5. The topological polar surface area (TPSA) is 69.7 Å². The monoisotopic (exact) mass is 443 g/mol. The minimum atomic E-state index is -0.736. The van der Waals surface area contributed by atoms with Crippen LogP contribution in [0.3, 0.4) is 0 Å². The predicted octanol–water partition coefficient (Wildman–Crippen LogP) is 4.91. The molecule has 4 amide bonds. The van der Waals surface area contributed by atoms with E-state index in [1.807, 2.05) is 32.9 Å². The van der Waals surface area contributed by atoms with Crippen molar-refractivity contribution in [2.24, 2.45) is 0 Å². The van der Waals surface area contributed by atoms with Crippen LogP contribution >= 0.6 is 0 Å². The van der Waals surface area contributed by atoms with Gasteiger partial charge < -0.3 is 4.90 Å². The summed E-state index contributed by atoms with van der Waals surface area (Å²) in [7, 11) is 2.06. The van der Waals surface area contributed by atoms with Gasteiger partial charge in [0.1, 0.15) is 5.57 Å². The highest BCUT2D eigenvalue weighted by Gasteiger charge is 2.38. The molecule has 6 heteroatoms. The normalized spacial score (nSPS) is 18.9. The van der Waals surface area contributed by atoms with Crippen molar-refractivity contribution in [3.63, 3.8) is 0 Å². The molecule has 0 spiro atoms. The zero-order chi connectivity index (χ0) is 24.2. The third-order valence-electron chi connectivity index (χ3n) is 6.82. The summed E-state index contributed by atoms with van der Waals surface area (Å²) in [6, 6.07) is 8.77. The van der Waals surface area contributed by atoms with E-state index in [0.29, 0.717) is 5.69 Å². The molecule has 0 atom stereocenters. The molecule has 0 radical (unpaired) electrons. The maximum Gasteiger partial charge on any atom is 0.335 e. The van der Waals surface area contributed by atoms with E-state index in [0.717, 1.165) is 44.0 Å². The molecule has 1 fully saturated rings. The molecule has 2 aliphatic rings. The molecule has 1 N–H and O–H groups in total. The van der Waals surface area contributed by atoms with Crippen molar-refractivity contribution in [3.05, 3.63) is 69.8 Å². The standard InChI is InChI=1S/C27H29N3O3/c1-15-9-8-10-22(18(15)4)30-25(32)21(24(31)28-26(30)33)13-19-12-20-17(3)14-27(5,6)29(7)23(20)11-16(19)2/h8-14H,1-7H3,(H,28,31,33)/b21-13-. The molecule has 6 nitrogen and oxygen atoms in total. The molecule has 0 bridgehead atoms. The molecule has 2 heterocycles. The second-order valence-electron chi connectivity index (χ2n) is 9.44. The number of hydrogen-bond acceptors (Lipinski definition) is 4. The van der Waals surface area contributed by atoms with Gasteiger partial charge in [0.2, 0.25) is 0 Å². The fourth-order valence-electron chi connectivity index (χ4n) is 4.48. The van der Waals surface area contributed by atoms with Crippen LogP contribution in [0.25, 0.3) is 11.6 Å². The first-order valence-electron chi connectivity index (χ1n) is 11.0. The minimum absolute atomic E-state index is 0.0651. The van der Waals surface area contributed by atoms with Gasteiger partial charge in [0.05, 0.1) is 11.2 Å². The average molecular weight is 444 g/mol. The van der Waals surface area contributed by atoms with E-state index in [4.69, 9.17) is 0 Å². The fourth-order valence-corrected chi connectivity index (χ4v) is 4.48. The Morgan fingerprint density at radius 3 is 2.33 bits per heavy atom. The van der Waals surface area contributed by atoms with Gasteiger partial charge in [0, 0.05) is 18.3 Å². The number of hydrogen-bond donors (Lipinski definition) is 1. The van der Waals surface area contributed by atoms with Gasteiger partial charge in [-0.25, -0.2) is 9.69 Å². The summed E-state index contributed by atoms with van der Waals surface area (Å²) in [6.45, 7) is 12.1. The second kappa shape index (κ2) is 7.73. The lowest BCUT2D eigenvalue weighted by atomic mass is 9.87. The molecule has 2 aliphatic heterocycles. The molecule has 1 saturated heterocycles. The number of likely N-dealkylation sites (N-methyl/N-ethyl adjacent to an activating group) is 1. The van der Waals surface area contributed by atoms with Crippen LogP contribution in [0.1, 0.15) is 48.6 Å². The van der Waals surface area contributed by atoms with Crippen LogP contribution in [0, 0.1) is 20.8 Å². The Kier molecular flexibility index (Phi) is 5.27. The molecular weight excluding hydrogens is 414 g/mol. The first-order chi connectivity index (χ1) is 15.4. The smallest absolute Gasteiger partial charge is 0.335 e. The van der Waals surface area contributed by atoms with Gasteiger partial charge >= 0.3 is 6.03 Å². The molecule has 0 aromatic heterocycles. The lowest BCUT2D eigenvalue weighted by Gasteiger charge is -2.41. The minimum Gasteiger partial charge on any atom is -0.365 e. The SMILES string of the molecule is CC1=CC(C)(C)N(C)c2cc(C)c(/C=C3/C(=O)NC(=O)N(c4cccc(C)c4C)C3=O)cc21. The number of fused-ring (bicyclic) bond motifs is 1. The number of nitrogens with zero attached hydrogens (tertiary/aromatic N) is 2. The summed E-state index contributed by atoms with van der Waals surface area (Å²) in [6.07, 6.45) is 3.80. The maximum atomic E-state index is 13.4. The Morgan fingerprint density at radius 1 is 0.939 bits per heavy atom. The van der Waals surface area contributed by atoms with Gasteiger partial charge in [-0.3, -0.25) is 14.9 Å². The first-order valence-corrected chi connectivity index (χ1v) is 11.0. The number of carbonyl (C=O) groups is 3. The number of rotatable bonds is 2. The number of anilines is 2. The summed E-state index contributed by atoms with van der Waals surface area (Å²) in [5.74, 6) is -1.31. The number of carbonyl (C=O) groups excluding carboxylic acids is 3. The highest BCUT2D eigenvalue weighted by molar-refractivity contribution is 6.39. The van der Waals surface area contributed by atoms with Crippen molar-refractivity contribution in [2.75, 3.05) is 16.8 Å². The van der Waals surface area contributed by atoms with Crippen molar-refractivity contribution < 1.29 is 14.4 Å². The Labute approximate surface area is 194 Å². The Morgan fingerprint density at radius 2 is 1.64 bits per heavy atom. The van der Waals surface area contributed by atoms with E-state index < -0.39 is 17.8 Å². The number of aryl methyl sites for hydroxylation is 2. The third kappa shape index (κ3) is 3.65. The molecule has 0 aliphatic carbocycles. The largest absolute Gasteiger partial charge is 0.365 e. The predicted molar refractivity (Wildman–Crippen MR) is 132 cm³/mol. The van der Waals surface area contributed by atoms with Gasteiger partial charge in [-0.1, -0.05) is 18.2 Å². The number of allylic oxidation sites excluding steroid dienone is 1. The number of benzene rings is 2. The lowest BCUT2D eigenvalue weighted by Crippen LogP contribution is -2.54. The molecule has 2 aromatic carbocycles. The van der Waals surface area contributed by atoms with Gasteiger partial charge in [-0.15, -0.1) is 0 Å². The summed E-state index contributed by atoms with van der Waals surface area (Å²) >= 11 is 0. The number of nitrogens with one attached hydrogen (secondary N) is 1. The van der Waals surface area contributed by atoms with Crippen LogP contribution in [-0.2, 0) is 9.59 Å². The Bertz CT molecular complexity index is 1280. The quantitative estimate of drug-likeness (QED) is 0.529. The number of barbiturate groups is 1. The summed E-state index contributed by atoms with van der Waals surface area (Å²) in [5.41, 5.74) is 7.06. The van der Waals surface area contributed by atoms with Crippen molar-refractivity contribution in [3.8, 4) is 0 Å². The van der Waals surface area contributed by atoms with Crippen molar-refractivity contribution in [1.82, 2.24) is 5.32 Å². The van der Waals surface area contributed by atoms with Crippen LogP contribution in [-0.4, -0.2) is 30.4 Å². The number of imide groups is 2. The number of amides is 4. The van der Waals surface area contributed by atoms with Crippen LogP contribution < -0.4 is 15.1 Å². The zero-order valence-corrected chi connectivity index (χ0v) is 20.2. The van der Waals surface area contributed by atoms with E-state index >= 15 is 0 Å². The Balaban J connectivity index is 1.81. The van der Waals surface area contributed by atoms with Gasteiger partial charge in [-0.05, 0) is 93.6 Å². The zero-order valence-electron chi connectivity index (χ0n) is 20.2. The van der Waals surface area contributed by atoms with E-state index in [9.17, 15) is 14.4 Å². The van der Waals surface area contributed by atoms with Crippen molar-refractivity contribution in [2.45, 2.75) is 47.1 Å². The maximum absolute atomic E-state index is 13.4. The molecule has 170 valence electrons. The van der Waals surface area contributed by atoms with E-state index in [1.54, 1.807) is 18.2 Å². The van der Waals surface area contributed by atoms with Gasteiger partial charge in [0.15, 0.2) is 0 Å². The highest BCUT2D eigenvalue weighted by atomic mass is 16.2. The van der Waals surface area contributed by atoms with Crippen LogP contribution in [0.2, 0.25) is 0 Å². The average Bonchev–Trinajstić information content (AvgIpc) is 2.72. The molecule has 0 saturated carbocycles. The summed E-state index contributed by atoms with van der Waals surface area (Å²) in [4.78, 5) is 41.9. The van der Waals surface area contributed by atoms with E-state index in [1.165, 1.54) is 0 Å². The van der Waals surface area contributed by atoms with Crippen molar-refractivity contribution in [1.29, 1.82) is 0 Å². The van der Waals surface area contributed by atoms with Gasteiger partial charge in [0.25, 0.3) is 11.8 Å². The molecule has 0 unspecified atom stereocenters. The molecular formula is C27H29N3O3. The van der Waals surface area contributed by atoms with Crippen LogP contribution in [0.15, 0.2) is 42.0 Å². The lowest BCUT2D eigenvalue weighted by molar-refractivity contribution is -0.122. The third-order valence-corrected chi connectivity index (χ3v) is 6.82. The number of urea groups is 1. The second-order valence-corrected chi connectivity index (χ2v) is 9.44. The summed E-state index contributed by atoms with van der Waals surface area (Å²) in [5, 5.41) is 2.32. The van der Waals surface area contributed by atoms with E-state index in [-0.39, 0.29) is 11.1 Å². The summed E-state index contributed by atoms with van der Waals surface area (Å²) < 4.78 is 0. The van der Waals surface area contributed by atoms with Gasteiger partial charge in [-0.2, -0.15) is 0 Å². The molecule has 2 aromatic rings. The Hall–Kier alpha value is -3.67. The fraction of sp³-hybridized carbons (Fsp3) is 0.296. The highest BCUT2D eigenvalue weighted by Crippen LogP contribution is 2.39. The molecule has 33 heavy (non-hydrogen) atoms. The van der Waals surface area contributed by atoms with Crippen molar-refractivity contribution >= 4 is 40.9 Å². The molecule has 4 rings (SSSR count). The van der Waals surface area contributed by atoms with Crippen LogP contribution in [0.5, 0.6) is 0 Å². The van der Waals surface area contributed by atoms with E-state index in [2.05, 4.69) is 50.2 Å².